The van der Waals surface area contributed by atoms with Gasteiger partial charge in [0.15, 0.2) is 5.17 Å². The van der Waals surface area contributed by atoms with Crippen LogP contribution in [0.3, 0.4) is 0 Å². The molecule has 0 aromatic heterocycles. The zero-order chi connectivity index (χ0) is 17.9. The van der Waals surface area contributed by atoms with E-state index < -0.39 is 28.9 Å². The highest BCUT2D eigenvalue weighted by atomic mass is 32.2. The number of hydrogen-bond donors (Lipinski definition) is 2. The van der Waals surface area contributed by atoms with E-state index in [0.29, 0.717) is 21.9 Å². The highest BCUT2D eigenvalue weighted by Gasteiger charge is 2.42. The van der Waals surface area contributed by atoms with Gasteiger partial charge in [0.1, 0.15) is 12.2 Å². The molecule has 0 radical (unpaired) electrons. The molecule has 2 N–H and O–H groups in total. The minimum absolute atomic E-state index is 0.105. The zero-order valence-corrected chi connectivity index (χ0v) is 14.5. The highest BCUT2D eigenvalue weighted by Crippen LogP contribution is 2.41. The van der Waals surface area contributed by atoms with Crippen LogP contribution in [0.1, 0.15) is 11.6 Å². The lowest BCUT2D eigenvalue weighted by Gasteiger charge is -2.32. The number of aliphatic carboxylic acids is 1. The molecule has 24 heavy (non-hydrogen) atoms. The quantitative estimate of drug-likeness (QED) is 0.349. The molecule has 1 aromatic rings. The Morgan fingerprint density at radius 1 is 1.42 bits per heavy atom. The molecule has 0 aliphatic carbocycles. The van der Waals surface area contributed by atoms with Crippen LogP contribution in [0.25, 0.3) is 0 Å². The molecule has 1 heterocycles. The van der Waals surface area contributed by atoms with Crippen molar-refractivity contribution in [3.8, 4) is 0 Å². The first-order valence-corrected chi connectivity index (χ1v) is 9.27. The van der Waals surface area contributed by atoms with Gasteiger partial charge in [-0.2, -0.15) is 0 Å². The Bertz CT molecular complexity index is 710. The fraction of sp³-hybridized carbons (Fsp3) is 0.357. The number of nitro benzene ring substituents is 1. The minimum Gasteiger partial charge on any atom is -0.481 e. The molecule has 8 nitrogen and oxygen atoms in total. The summed E-state index contributed by atoms with van der Waals surface area (Å²) in [5, 5.41) is 24.0. The van der Waals surface area contributed by atoms with Gasteiger partial charge < -0.3 is 15.2 Å². The second-order valence-corrected chi connectivity index (χ2v) is 6.52. The average Bonchev–Trinajstić information content (AvgIpc) is 2.59. The molecule has 2 rings (SSSR count). The highest BCUT2D eigenvalue weighted by molar-refractivity contribution is 8.13. The van der Waals surface area contributed by atoms with E-state index in [0.717, 1.165) is 11.8 Å². The molecular formula is C14H15N3O5S2. The lowest BCUT2D eigenvalue weighted by atomic mass is 9.86. The van der Waals surface area contributed by atoms with E-state index in [2.05, 4.69) is 10.3 Å². The number of thioether (sulfide) groups is 2. The molecule has 1 aromatic carbocycles. The maximum atomic E-state index is 11.7. The second kappa shape index (κ2) is 7.67. The van der Waals surface area contributed by atoms with Gasteiger partial charge in [0.2, 0.25) is 0 Å². The number of carboxylic acid groups (broad SMARTS) is 1. The van der Waals surface area contributed by atoms with Crippen LogP contribution < -0.4 is 5.32 Å². The van der Waals surface area contributed by atoms with Crippen molar-refractivity contribution in [2.45, 2.75) is 17.0 Å². The van der Waals surface area contributed by atoms with Crippen molar-refractivity contribution in [3.63, 3.8) is 0 Å². The summed E-state index contributed by atoms with van der Waals surface area (Å²) in [5.74, 6) is -2.33. The fourth-order valence-corrected chi connectivity index (χ4v) is 3.84. The first kappa shape index (κ1) is 18.3. The maximum Gasteiger partial charge on any atom is 0.311 e. The Morgan fingerprint density at radius 3 is 2.62 bits per heavy atom. The molecular weight excluding hydrogens is 354 g/mol. The molecule has 1 aliphatic rings. The summed E-state index contributed by atoms with van der Waals surface area (Å²) < 4.78 is 0. The molecule has 1 aliphatic heterocycles. The van der Waals surface area contributed by atoms with Gasteiger partial charge in [-0.3, -0.25) is 19.9 Å². The summed E-state index contributed by atoms with van der Waals surface area (Å²) in [6.07, 6.45) is 3.96. The fourth-order valence-electron chi connectivity index (χ4n) is 2.60. The van der Waals surface area contributed by atoms with E-state index in [1.54, 1.807) is 18.6 Å². The number of amidine groups is 1. The van der Waals surface area contributed by atoms with Crippen molar-refractivity contribution >= 4 is 46.6 Å². The summed E-state index contributed by atoms with van der Waals surface area (Å²) >= 11 is 2.40. The van der Waals surface area contributed by atoms with E-state index >= 15 is 0 Å². The molecule has 0 fully saturated rings. The molecule has 0 spiro atoms. The van der Waals surface area contributed by atoms with Gasteiger partial charge in [0, 0.05) is 6.07 Å². The van der Waals surface area contributed by atoms with E-state index in [9.17, 15) is 24.8 Å². The number of carbonyl (C=O) groups excluding carboxylic acids is 1. The lowest BCUT2D eigenvalue weighted by Crippen LogP contribution is -2.49. The first-order chi connectivity index (χ1) is 11.4. The van der Waals surface area contributed by atoms with Gasteiger partial charge >= 0.3 is 5.97 Å². The first-order valence-electron chi connectivity index (χ1n) is 6.82. The number of aliphatic imine (C=N–C) groups is 1. The molecule has 10 heteroatoms. The number of rotatable bonds is 5. The van der Waals surface area contributed by atoms with Crippen molar-refractivity contribution in [2.75, 3.05) is 12.5 Å². The molecule has 0 bridgehead atoms. The number of carbonyl (C=O) groups is 2. The number of hydrogen-bond acceptors (Lipinski definition) is 8. The van der Waals surface area contributed by atoms with Gasteiger partial charge in [-0.25, -0.2) is 0 Å². The van der Waals surface area contributed by atoms with E-state index in [4.69, 9.17) is 0 Å². The second-order valence-electron chi connectivity index (χ2n) is 4.91. The van der Waals surface area contributed by atoms with Gasteiger partial charge in [0.05, 0.1) is 21.9 Å². The van der Waals surface area contributed by atoms with Crippen LogP contribution in [-0.4, -0.2) is 46.0 Å². The van der Waals surface area contributed by atoms with Crippen molar-refractivity contribution in [1.29, 1.82) is 0 Å². The Morgan fingerprint density at radius 2 is 2.12 bits per heavy atom. The Hall–Kier alpha value is -2.07. The smallest absolute Gasteiger partial charge is 0.311 e. The van der Waals surface area contributed by atoms with Crippen LogP contribution in [-0.2, 0) is 9.59 Å². The van der Waals surface area contributed by atoms with Crippen LogP contribution in [0.15, 0.2) is 28.1 Å². The van der Waals surface area contributed by atoms with Crippen molar-refractivity contribution < 1.29 is 19.6 Å². The number of benzene rings is 1. The molecule has 128 valence electrons. The van der Waals surface area contributed by atoms with Crippen LogP contribution >= 0.6 is 23.5 Å². The van der Waals surface area contributed by atoms with Crippen LogP contribution in [0.5, 0.6) is 0 Å². The Balaban J connectivity index is 2.66. The van der Waals surface area contributed by atoms with Crippen molar-refractivity contribution in [2.24, 2.45) is 10.9 Å². The van der Waals surface area contributed by atoms with Crippen LogP contribution in [0.4, 0.5) is 5.69 Å². The molecule has 3 atom stereocenters. The molecule has 0 saturated heterocycles. The largest absolute Gasteiger partial charge is 0.481 e. The van der Waals surface area contributed by atoms with Crippen molar-refractivity contribution in [3.05, 3.63) is 33.9 Å². The minimum atomic E-state index is -1.19. The Labute approximate surface area is 146 Å². The number of nitrogens with zero attached hydrogens (tertiary/aromatic N) is 2. The molecule has 0 amide bonds. The number of nitrogens with one attached hydrogen (secondary N) is 1. The van der Waals surface area contributed by atoms with Gasteiger partial charge in [0.25, 0.3) is 5.69 Å². The summed E-state index contributed by atoms with van der Waals surface area (Å²) in [6.45, 7) is 0. The number of nitro groups is 1. The topological polar surface area (TPSA) is 122 Å². The standard InChI is InChI=1S/C14H15N3O5S2/c1-23-12-7(4-3-5-9(12)17(21)22)11-10(13(19)20)8(6-18)15-14(16-11)24-2/h3-6,8,10-11H,1-2H3,(H,15,16)(H,19,20). The van der Waals surface area contributed by atoms with Gasteiger partial charge in [-0.1, -0.05) is 23.9 Å². The normalized spacial score (nSPS) is 23.1. The Kier molecular flexibility index (Phi) is 5.84. The summed E-state index contributed by atoms with van der Waals surface area (Å²) in [4.78, 5) is 38.5. The maximum absolute atomic E-state index is 11.7. The third-order valence-electron chi connectivity index (χ3n) is 3.64. The molecule has 3 unspecified atom stereocenters. The third kappa shape index (κ3) is 3.39. The van der Waals surface area contributed by atoms with Gasteiger partial charge in [-0.05, 0) is 18.1 Å². The van der Waals surface area contributed by atoms with E-state index in [1.807, 2.05) is 0 Å². The lowest BCUT2D eigenvalue weighted by molar-refractivity contribution is -0.387. The summed E-state index contributed by atoms with van der Waals surface area (Å²) in [6, 6.07) is 2.64. The predicted molar refractivity (Wildman–Crippen MR) is 92.7 cm³/mol. The number of carboxylic acids is 1. The zero-order valence-electron chi connectivity index (χ0n) is 12.8. The van der Waals surface area contributed by atoms with E-state index in [1.165, 1.54) is 23.9 Å². The summed E-state index contributed by atoms with van der Waals surface area (Å²) in [5.41, 5.74) is 0.329. The molecule has 0 saturated carbocycles. The SMILES string of the molecule is CSC1=NC(c2cccc([N+](=O)[O-])c2SC)C(C(=O)O)C(C=O)N1. The van der Waals surface area contributed by atoms with Crippen LogP contribution in [0, 0.1) is 16.0 Å². The van der Waals surface area contributed by atoms with E-state index in [-0.39, 0.29) is 5.69 Å². The van der Waals surface area contributed by atoms with Crippen molar-refractivity contribution in [1.82, 2.24) is 5.32 Å². The monoisotopic (exact) mass is 369 g/mol. The van der Waals surface area contributed by atoms with Gasteiger partial charge in [-0.15, -0.1) is 11.8 Å². The number of aldehydes is 1. The predicted octanol–water partition coefficient (Wildman–Crippen LogP) is 1.95. The average molecular weight is 369 g/mol. The third-order valence-corrected chi connectivity index (χ3v) is 5.11. The summed E-state index contributed by atoms with van der Waals surface area (Å²) in [7, 11) is 0. The van der Waals surface area contributed by atoms with Crippen LogP contribution in [0.2, 0.25) is 0 Å².